The average Bonchev–Trinajstić information content (AvgIpc) is 2.39. The molecule has 21 heavy (non-hydrogen) atoms. The van der Waals surface area contributed by atoms with Gasteiger partial charge in [-0.1, -0.05) is 0 Å². The second-order valence-electron chi connectivity index (χ2n) is 5.57. The highest BCUT2D eigenvalue weighted by atomic mass is 35.5. The molecular weight excluding hydrogens is 298 g/mol. The summed E-state index contributed by atoms with van der Waals surface area (Å²) in [6.07, 6.45) is 1.37. The monoisotopic (exact) mass is 318 g/mol. The summed E-state index contributed by atoms with van der Waals surface area (Å²) < 4.78 is 26.6. The van der Waals surface area contributed by atoms with Gasteiger partial charge in [0.1, 0.15) is 5.82 Å². The number of anilines is 1. The minimum atomic E-state index is -2.53. The molecule has 2 heterocycles. The minimum absolute atomic E-state index is 0.0135. The van der Waals surface area contributed by atoms with Crippen molar-refractivity contribution in [1.29, 1.82) is 0 Å². The van der Waals surface area contributed by atoms with Gasteiger partial charge in [-0.15, -0.1) is 0 Å². The standard InChI is InChI=1S/C14H21ClF2N4/c1-10-11(2)19-13(15)20-12(10)18-6-4-8-21-7-3-5-14(16,17)9-21/h3-9H2,1-2H3,(H,18,19,20). The molecule has 0 aromatic carbocycles. The van der Waals surface area contributed by atoms with Crippen LogP contribution in [0.5, 0.6) is 0 Å². The maximum absolute atomic E-state index is 13.3. The molecule has 0 radical (unpaired) electrons. The van der Waals surface area contributed by atoms with Gasteiger partial charge >= 0.3 is 0 Å². The molecule has 1 aliphatic heterocycles. The Kier molecular flexibility index (Phi) is 5.32. The first-order chi connectivity index (χ1) is 9.87. The van der Waals surface area contributed by atoms with Gasteiger partial charge in [0.05, 0.1) is 6.54 Å². The fourth-order valence-corrected chi connectivity index (χ4v) is 2.72. The van der Waals surface area contributed by atoms with Gasteiger partial charge in [0.2, 0.25) is 5.28 Å². The van der Waals surface area contributed by atoms with Crippen LogP contribution >= 0.6 is 11.6 Å². The Labute approximate surface area is 128 Å². The van der Waals surface area contributed by atoms with Crippen molar-refractivity contribution in [2.24, 2.45) is 0 Å². The lowest BCUT2D eigenvalue weighted by Crippen LogP contribution is -2.43. The quantitative estimate of drug-likeness (QED) is 0.668. The van der Waals surface area contributed by atoms with Gasteiger partial charge in [-0.25, -0.2) is 18.7 Å². The molecule has 0 atom stereocenters. The maximum atomic E-state index is 13.3. The predicted octanol–water partition coefficient (Wildman–Crippen LogP) is 3.28. The Balaban J connectivity index is 1.77. The van der Waals surface area contributed by atoms with Gasteiger partial charge in [-0.2, -0.15) is 0 Å². The molecule has 0 amide bonds. The Morgan fingerprint density at radius 3 is 2.81 bits per heavy atom. The van der Waals surface area contributed by atoms with Crippen LogP contribution in [0, 0.1) is 13.8 Å². The molecule has 0 unspecified atom stereocenters. The molecule has 1 aromatic rings. The number of halogens is 3. The number of likely N-dealkylation sites (tertiary alicyclic amines) is 1. The molecular formula is C14H21ClF2N4. The number of rotatable bonds is 5. The number of hydrogen-bond acceptors (Lipinski definition) is 4. The van der Waals surface area contributed by atoms with E-state index in [1.165, 1.54) is 0 Å². The van der Waals surface area contributed by atoms with Crippen LogP contribution in [0.3, 0.4) is 0 Å². The van der Waals surface area contributed by atoms with Gasteiger partial charge in [-0.3, -0.25) is 4.90 Å². The minimum Gasteiger partial charge on any atom is -0.370 e. The lowest BCUT2D eigenvalue weighted by molar-refractivity contribution is -0.0638. The Morgan fingerprint density at radius 1 is 1.33 bits per heavy atom. The second-order valence-corrected chi connectivity index (χ2v) is 5.91. The van der Waals surface area contributed by atoms with Crippen molar-refractivity contribution in [3.05, 3.63) is 16.5 Å². The third-order valence-electron chi connectivity index (χ3n) is 3.78. The largest absolute Gasteiger partial charge is 0.370 e. The van der Waals surface area contributed by atoms with Crippen LogP contribution in [0.4, 0.5) is 14.6 Å². The summed E-state index contributed by atoms with van der Waals surface area (Å²) in [7, 11) is 0. The van der Waals surface area contributed by atoms with E-state index in [-0.39, 0.29) is 18.2 Å². The third kappa shape index (κ3) is 4.74. The first-order valence-electron chi connectivity index (χ1n) is 7.22. The van der Waals surface area contributed by atoms with E-state index in [1.54, 1.807) is 0 Å². The molecule has 1 N–H and O–H groups in total. The summed E-state index contributed by atoms with van der Waals surface area (Å²) in [5.74, 6) is -1.81. The highest BCUT2D eigenvalue weighted by Crippen LogP contribution is 2.26. The molecule has 1 aliphatic rings. The van der Waals surface area contributed by atoms with Crippen molar-refractivity contribution in [3.63, 3.8) is 0 Å². The van der Waals surface area contributed by atoms with Crippen molar-refractivity contribution in [2.75, 3.05) is 31.5 Å². The zero-order chi connectivity index (χ0) is 15.5. The van der Waals surface area contributed by atoms with Gasteiger partial charge in [-0.05, 0) is 44.8 Å². The van der Waals surface area contributed by atoms with Crippen molar-refractivity contribution >= 4 is 17.4 Å². The molecule has 0 saturated carbocycles. The van der Waals surface area contributed by atoms with Crippen LogP contribution in [0.25, 0.3) is 0 Å². The highest BCUT2D eigenvalue weighted by molar-refractivity contribution is 6.28. The van der Waals surface area contributed by atoms with Crippen LogP contribution in [0.2, 0.25) is 5.28 Å². The van der Waals surface area contributed by atoms with E-state index in [0.29, 0.717) is 19.5 Å². The van der Waals surface area contributed by atoms with Crippen LogP contribution in [0.1, 0.15) is 30.5 Å². The normalized spacial score (nSPS) is 18.7. The van der Waals surface area contributed by atoms with E-state index < -0.39 is 5.92 Å². The van der Waals surface area contributed by atoms with E-state index in [0.717, 1.165) is 30.0 Å². The fourth-order valence-electron chi connectivity index (χ4n) is 2.51. The van der Waals surface area contributed by atoms with E-state index in [1.807, 2.05) is 18.7 Å². The van der Waals surface area contributed by atoms with Crippen LogP contribution in [0.15, 0.2) is 0 Å². The number of nitrogens with one attached hydrogen (secondary N) is 1. The van der Waals surface area contributed by atoms with Crippen molar-refractivity contribution in [1.82, 2.24) is 14.9 Å². The topological polar surface area (TPSA) is 41.1 Å². The van der Waals surface area contributed by atoms with E-state index in [4.69, 9.17) is 11.6 Å². The zero-order valence-corrected chi connectivity index (χ0v) is 13.2. The first kappa shape index (κ1) is 16.4. The molecule has 4 nitrogen and oxygen atoms in total. The lowest BCUT2D eigenvalue weighted by atomic mass is 10.1. The third-order valence-corrected chi connectivity index (χ3v) is 3.95. The molecule has 2 rings (SSSR count). The smallest absolute Gasteiger partial charge is 0.260 e. The summed E-state index contributed by atoms with van der Waals surface area (Å²) in [5, 5.41) is 3.42. The van der Waals surface area contributed by atoms with Crippen LogP contribution < -0.4 is 5.32 Å². The van der Waals surface area contributed by atoms with Gasteiger partial charge < -0.3 is 5.32 Å². The van der Waals surface area contributed by atoms with Gasteiger partial charge in [0.15, 0.2) is 0 Å². The number of aromatic nitrogens is 2. The summed E-state index contributed by atoms with van der Waals surface area (Å²) in [4.78, 5) is 10.1. The van der Waals surface area contributed by atoms with Crippen molar-refractivity contribution in [3.8, 4) is 0 Å². The van der Waals surface area contributed by atoms with E-state index in [2.05, 4.69) is 15.3 Å². The number of nitrogens with zero attached hydrogens (tertiary/aromatic N) is 3. The molecule has 7 heteroatoms. The van der Waals surface area contributed by atoms with Crippen molar-refractivity contribution in [2.45, 2.75) is 39.0 Å². The summed E-state index contributed by atoms with van der Waals surface area (Å²) >= 11 is 5.83. The first-order valence-corrected chi connectivity index (χ1v) is 7.60. The summed E-state index contributed by atoms with van der Waals surface area (Å²) in [5.41, 5.74) is 1.80. The summed E-state index contributed by atoms with van der Waals surface area (Å²) in [6.45, 7) is 5.79. The van der Waals surface area contributed by atoms with E-state index in [9.17, 15) is 8.78 Å². The Hall–Kier alpha value is -1.01. The van der Waals surface area contributed by atoms with E-state index >= 15 is 0 Å². The summed E-state index contributed by atoms with van der Waals surface area (Å²) in [6, 6.07) is 0. The molecule has 0 spiro atoms. The number of hydrogen-bond donors (Lipinski definition) is 1. The fraction of sp³-hybridized carbons (Fsp3) is 0.714. The average molecular weight is 319 g/mol. The molecule has 118 valence electrons. The molecule has 1 fully saturated rings. The van der Waals surface area contributed by atoms with Crippen LogP contribution in [-0.2, 0) is 0 Å². The highest BCUT2D eigenvalue weighted by Gasteiger charge is 2.34. The molecule has 1 saturated heterocycles. The molecule has 0 bridgehead atoms. The SMILES string of the molecule is Cc1nc(Cl)nc(NCCCN2CCCC(F)(F)C2)c1C. The Morgan fingerprint density at radius 2 is 2.10 bits per heavy atom. The van der Waals surface area contributed by atoms with Gasteiger partial charge in [0.25, 0.3) is 5.92 Å². The second kappa shape index (κ2) is 6.83. The Bertz CT molecular complexity index is 496. The molecule has 0 aliphatic carbocycles. The van der Waals surface area contributed by atoms with Crippen LogP contribution in [-0.4, -0.2) is 47.0 Å². The zero-order valence-electron chi connectivity index (χ0n) is 12.4. The van der Waals surface area contributed by atoms with Gasteiger partial charge in [0, 0.05) is 30.8 Å². The lowest BCUT2D eigenvalue weighted by Gasteiger charge is -2.32. The maximum Gasteiger partial charge on any atom is 0.260 e. The predicted molar refractivity (Wildman–Crippen MR) is 80.2 cm³/mol. The number of piperidine rings is 1. The number of aryl methyl sites for hydroxylation is 1. The van der Waals surface area contributed by atoms with Crippen molar-refractivity contribution < 1.29 is 8.78 Å². The number of alkyl halides is 2. The molecule has 1 aromatic heterocycles.